The van der Waals surface area contributed by atoms with Crippen molar-refractivity contribution < 1.29 is 21.5 Å². The Morgan fingerprint density at radius 3 is 1.88 bits per heavy atom. The molecule has 1 nitrogen and oxygen atoms in total. The van der Waals surface area contributed by atoms with Gasteiger partial charge in [0.05, 0.1) is 12.0 Å². The van der Waals surface area contributed by atoms with Crippen LogP contribution >= 0.6 is 0 Å². The minimum Gasteiger partial charge on any atom is -0.748 e. The van der Waals surface area contributed by atoms with E-state index in [1.54, 1.807) is 6.26 Å². The van der Waals surface area contributed by atoms with Crippen molar-refractivity contribution in [2.24, 2.45) is 0 Å². The molecule has 0 fully saturated rings. The molecule has 0 aliphatic carbocycles. The fourth-order valence-corrected chi connectivity index (χ4v) is 1.30. The number of rotatable bonds is 1. The van der Waals surface area contributed by atoms with E-state index >= 15 is 0 Å². The smallest absolute Gasteiger partial charge is 0.0796 e. The fraction of sp³-hybridized carbons (Fsp3) is 0. The number of hydrogen-bond donors (Lipinski definition) is 0. The zero-order valence-electron chi connectivity index (χ0n) is 8.69. The van der Waals surface area contributed by atoms with Crippen molar-refractivity contribution in [3.63, 3.8) is 0 Å². The molecule has 1 heterocycles. The summed E-state index contributed by atoms with van der Waals surface area (Å²) in [6.07, 6.45) is 1.68. The topological polar surface area (TPSA) is 13.1 Å². The van der Waals surface area contributed by atoms with Crippen molar-refractivity contribution >= 4 is 0 Å². The fourth-order valence-electron chi connectivity index (χ4n) is 1.30. The summed E-state index contributed by atoms with van der Waals surface area (Å²) >= 11 is 0. The van der Waals surface area contributed by atoms with E-state index in [2.05, 4.69) is 0 Å². The van der Waals surface area contributed by atoms with E-state index in [1.165, 1.54) is 0 Å². The van der Waals surface area contributed by atoms with Gasteiger partial charge in [0.2, 0.25) is 0 Å². The van der Waals surface area contributed by atoms with E-state index in [1.807, 2.05) is 66.7 Å². The molecule has 2 aromatic carbocycles. The summed E-state index contributed by atoms with van der Waals surface area (Å²) in [5.41, 5.74) is 1.14. The molecule has 1 aromatic heterocycles. The van der Waals surface area contributed by atoms with E-state index in [-0.39, 0.29) is 17.1 Å². The molecule has 0 N–H and O–H groups in total. The van der Waals surface area contributed by atoms with Crippen LogP contribution in [-0.4, -0.2) is 0 Å². The molecule has 0 unspecified atom stereocenters. The Balaban J connectivity index is 0.000000183. The van der Waals surface area contributed by atoms with Gasteiger partial charge in [-0.25, -0.2) is 0 Å². The third-order valence-electron chi connectivity index (χ3n) is 2.02. The molecular formula is C14H12FeO-6. The van der Waals surface area contributed by atoms with Crippen molar-refractivity contribution in [3.05, 3.63) is 73.0 Å². The average Bonchev–Trinajstić information content (AvgIpc) is 3.06. The molecule has 88 valence electrons. The predicted octanol–water partition coefficient (Wildman–Crippen LogP) is 4.07. The van der Waals surface area contributed by atoms with Crippen molar-refractivity contribution in [2.45, 2.75) is 0 Å². The van der Waals surface area contributed by atoms with Crippen LogP contribution in [0.2, 0.25) is 0 Å². The summed E-state index contributed by atoms with van der Waals surface area (Å²) in [5.74, 6) is 0.935. The Hall–Kier alpha value is -1.50. The van der Waals surface area contributed by atoms with Gasteiger partial charge in [0.1, 0.15) is 0 Å². The third-order valence-corrected chi connectivity index (χ3v) is 2.02. The standard InChI is InChI=1S/C9H7O.C5H5.Fe/c1-2-5-8(4-1)9-6-3-7-10-9;1-2-4-5-3-1;/h1-7H;1-5H;/q-1;-5;. The minimum atomic E-state index is 0. The van der Waals surface area contributed by atoms with Gasteiger partial charge in [0.15, 0.2) is 0 Å². The van der Waals surface area contributed by atoms with E-state index in [9.17, 15) is 0 Å². The first-order valence-electron chi connectivity index (χ1n) is 4.89. The summed E-state index contributed by atoms with van der Waals surface area (Å²) in [6.45, 7) is 0. The van der Waals surface area contributed by atoms with Gasteiger partial charge in [-0.15, -0.1) is 12.1 Å². The SMILES string of the molecule is [Fe].[cH-]1[cH-][cH-][cH-][cH-]1.c1coc(-[c-]2cccc2)c1. The Morgan fingerprint density at radius 1 is 0.875 bits per heavy atom. The van der Waals surface area contributed by atoms with Crippen LogP contribution in [0.3, 0.4) is 0 Å². The van der Waals surface area contributed by atoms with Gasteiger partial charge in [-0.3, -0.25) is 0 Å². The summed E-state index contributed by atoms with van der Waals surface area (Å²) in [4.78, 5) is 0. The molecular weight excluding hydrogens is 240 g/mol. The normalized spacial score (nSPS) is 8.75. The van der Waals surface area contributed by atoms with Gasteiger partial charge in [0.25, 0.3) is 0 Å². The Morgan fingerprint density at radius 2 is 1.44 bits per heavy atom. The molecule has 3 aromatic rings. The van der Waals surface area contributed by atoms with Crippen LogP contribution in [0.4, 0.5) is 0 Å². The Bertz CT molecular complexity index is 385. The Kier molecular flexibility index (Phi) is 5.41. The van der Waals surface area contributed by atoms with Gasteiger partial charge in [-0.2, -0.15) is 12.1 Å². The molecule has 0 atom stereocenters. The van der Waals surface area contributed by atoms with E-state index in [0.29, 0.717) is 0 Å². The van der Waals surface area contributed by atoms with E-state index in [0.717, 1.165) is 11.3 Å². The maximum Gasteiger partial charge on any atom is 0.0796 e. The molecule has 0 saturated heterocycles. The van der Waals surface area contributed by atoms with Crippen LogP contribution in [-0.2, 0) is 17.1 Å². The number of furan rings is 1. The largest absolute Gasteiger partial charge is 0.748 e. The van der Waals surface area contributed by atoms with E-state index in [4.69, 9.17) is 4.42 Å². The Labute approximate surface area is 106 Å². The summed E-state index contributed by atoms with van der Waals surface area (Å²) in [5, 5.41) is 0. The molecule has 0 bridgehead atoms. The molecule has 0 amide bonds. The quantitative estimate of drug-likeness (QED) is 0.470. The molecule has 0 saturated carbocycles. The molecule has 0 aliphatic heterocycles. The second kappa shape index (κ2) is 6.89. The van der Waals surface area contributed by atoms with Gasteiger partial charge in [0, 0.05) is 17.1 Å². The van der Waals surface area contributed by atoms with Crippen LogP contribution in [0, 0.1) is 0 Å². The van der Waals surface area contributed by atoms with E-state index < -0.39 is 0 Å². The van der Waals surface area contributed by atoms with Gasteiger partial charge < -0.3 is 34.7 Å². The molecule has 0 radical (unpaired) electrons. The second-order valence-electron chi connectivity index (χ2n) is 3.11. The maximum absolute atomic E-state index is 5.18. The maximum atomic E-state index is 5.18. The van der Waals surface area contributed by atoms with Crippen molar-refractivity contribution in [1.82, 2.24) is 0 Å². The second-order valence-corrected chi connectivity index (χ2v) is 3.11. The van der Waals surface area contributed by atoms with Crippen LogP contribution < -0.4 is 0 Å². The monoisotopic (exact) mass is 252 g/mol. The first kappa shape index (κ1) is 12.6. The predicted molar refractivity (Wildman–Crippen MR) is 61.8 cm³/mol. The molecule has 16 heavy (non-hydrogen) atoms. The van der Waals surface area contributed by atoms with Crippen molar-refractivity contribution in [1.29, 1.82) is 0 Å². The van der Waals surface area contributed by atoms with Crippen LogP contribution in [0.25, 0.3) is 11.3 Å². The van der Waals surface area contributed by atoms with Gasteiger partial charge in [-0.1, -0.05) is 17.7 Å². The minimum absolute atomic E-state index is 0. The zero-order valence-corrected chi connectivity index (χ0v) is 9.79. The van der Waals surface area contributed by atoms with Crippen molar-refractivity contribution in [3.8, 4) is 11.3 Å². The molecule has 0 spiro atoms. The number of hydrogen-bond acceptors (Lipinski definition) is 1. The summed E-state index contributed by atoms with van der Waals surface area (Å²) in [7, 11) is 0. The summed E-state index contributed by atoms with van der Waals surface area (Å²) in [6, 6.07) is 21.9. The molecule has 0 aliphatic rings. The third kappa shape index (κ3) is 3.58. The average molecular weight is 252 g/mol. The van der Waals surface area contributed by atoms with Crippen LogP contribution in [0.5, 0.6) is 0 Å². The van der Waals surface area contributed by atoms with Gasteiger partial charge >= 0.3 is 0 Å². The molecule has 2 heteroatoms. The first-order valence-corrected chi connectivity index (χ1v) is 4.89. The molecule has 3 rings (SSSR count). The van der Waals surface area contributed by atoms with Crippen molar-refractivity contribution in [2.75, 3.05) is 0 Å². The summed E-state index contributed by atoms with van der Waals surface area (Å²) < 4.78 is 5.18. The van der Waals surface area contributed by atoms with Crippen LogP contribution in [0.1, 0.15) is 0 Å². The first-order chi connectivity index (χ1) is 7.47. The zero-order chi connectivity index (χ0) is 10.3. The van der Waals surface area contributed by atoms with Crippen LogP contribution in [0.15, 0.2) is 77.4 Å². The van der Waals surface area contributed by atoms with Gasteiger partial charge in [-0.05, 0) is 0 Å².